The van der Waals surface area contributed by atoms with E-state index in [9.17, 15) is 18.0 Å². The maximum Gasteiger partial charge on any atom is 0.258 e. The first-order valence-electron chi connectivity index (χ1n) is 10.3. The Balaban J connectivity index is 1.61. The molecule has 0 saturated heterocycles. The van der Waals surface area contributed by atoms with Gasteiger partial charge in [0.05, 0.1) is 27.4 Å². The fourth-order valence-electron chi connectivity index (χ4n) is 3.72. The van der Waals surface area contributed by atoms with E-state index in [2.05, 4.69) is 15.4 Å². The molecule has 0 fully saturated rings. The van der Waals surface area contributed by atoms with Crippen LogP contribution >= 0.6 is 11.6 Å². The zero-order valence-electron chi connectivity index (χ0n) is 18.1. The van der Waals surface area contributed by atoms with Crippen molar-refractivity contribution in [2.75, 3.05) is 27.2 Å². The van der Waals surface area contributed by atoms with E-state index in [0.717, 1.165) is 6.54 Å². The number of hydrogen-bond acceptors (Lipinski definition) is 5. The van der Waals surface area contributed by atoms with Crippen molar-refractivity contribution >= 4 is 44.8 Å². The predicted octanol–water partition coefficient (Wildman–Crippen LogP) is 1.95. The van der Waals surface area contributed by atoms with E-state index in [-0.39, 0.29) is 16.0 Å². The van der Waals surface area contributed by atoms with Gasteiger partial charge in [-0.05, 0) is 62.5 Å². The highest BCUT2D eigenvalue weighted by molar-refractivity contribution is 7.89. The molecule has 172 valence electrons. The first-order valence-corrected chi connectivity index (χ1v) is 12.2. The van der Waals surface area contributed by atoms with Crippen LogP contribution in [0, 0.1) is 0 Å². The number of halogens is 1. The van der Waals surface area contributed by atoms with Gasteiger partial charge in [-0.3, -0.25) is 9.59 Å². The molecule has 2 heterocycles. The van der Waals surface area contributed by atoms with Gasteiger partial charge in [-0.2, -0.15) is 0 Å². The molecule has 0 unspecified atom stereocenters. The zero-order chi connectivity index (χ0) is 23.8. The van der Waals surface area contributed by atoms with Gasteiger partial charge in [0, 0.05) is 11.6 Å². The Hall–Kier alpha value is -2.98. The minimum absolute atomic E-state index is 0.111. The average Bonchev–Trinajstić information content (AvgIpc) is 3.30. The van der Waals surface area contributed by atoms with Crippen LogP contribution in [0.15, 0.2) is 64.6 Å². The number of hydrogen-bond donors (Lipinski definition) is 3. The van der Waals surface area contributed by atoms with E-state index in [1.54, 1.807) is 36.4 Å². The van der Waals surface area contributed by atoms with Crippen molar-refractivity contribution in [2.45, 2.75) is 11.3 Å². The van der Waals surface area contributed by atoms with Crippen LogP contribution in [0.2, 0.25) is 5.02 Å². The Kier molecular flexibility index (Phi) is 6.40. The first-order chi connectivity index (χ1) is 15.7. The van der Waals surface area contributed by atoms with Crippen molar-refractivity contribution in [3.05, 3.63) is 75.8 Å². The SMILES string of the molecule is CN(C)CCCNS(=O)(=O)c1ccc(C2=C3C(=O)NC(c4ccc(Cl)cc4)=C3C(=O)N2)cc1. The number of carbonyl (C=O) groups is 2. The summed E-state index contributed by atoms with van der Waals surface area (Å²) in [7, 11) is 0.193. The highest BCUT2D eigenvalue weighted by atomic mass is 35.5. The number of nitrogens with zero attached hydrogens (tertiary/aromatic N) is 1. The molecule has 0 spiro atoms. The molecule has 0 aliphatic carbocycles. The third kappa shape index (κ3) is 4.72. The van der Waals surface area contributed by atoms with Crippen LogP contribution in [-0.4, -0.2) is 52.3 Å². The summed E-state index contributed by atoms with van der Waals surface area (Å²) >= 11 is 5.94. The summed E-state index contributed by atoms with van der Waals surface area (Å²) in [6.07, 6.45) is 0.687. The predicted molar refractivity (Wildman–Crippen MR) is 126 cm³/mol. The lowest BCUT2D eigenvalue weighted by Gasteiger charge is -2.11. The number of benzene rings is 2. The van der Waals surface area contributed by atoms with Crippen molar-refractivity contribution in [3.8, 4) is 0 Å². The molecule has 2 aliphatic rings. The van der Waals surface area contributed by atoms with Crippen molar-refractivity contribution in [3.63, 3.8) is 0 Å². The van der Waals surface area contributed by atoms with Crippen molar-refractivity contribution < 1.29 is 18.0 Å². The summed E-state index contributed by atoms with van der Waals surface area (Å²) in [5.74, 6) is -0.801. The van der Waals surface area contributed by atoms with Crippen molar-refractivity contribution in [1.82, 2.24) is 20.3 Å². The van der Waals surface area contributed by atoms with Gasteiger partial charge in [-0.1, -0.05) is 35.9 Å². The highest BCUT2D eigenvalue weighted by Gasteiger charge is 2.40. The second kappa shape index (κ2) is 9.11. The Morgan fingerprint density at radius 1 is 0.848 bits per heavy atom. The van der Waals surface area contributed by atoms with Crippen molar-refractivity contribution in [2.24, 2.45) is 0 Å². The van der Waals surface area contributed by atoms with E-state index in [1.165, 1.54) is 12.1 Å². The molecule has 0 atom stereocenters. The molecule has 0 saturated carbocycles. The van der Waals surface area contributed by atoms with Crippen LogP contribution in [0.3, 0.4) is 0 Å². The lowest BCUT2D eigenvalue weighted by Crippen LogP contribution is -2.27. The molecule has 0 bridgehead atoms. The molecule has 0 aromatic heterocycles. The maximum atomic E-state index is 12.7. The van der Waals surface area contributed by atoms with E-state index in [0.29, 0.717) is 40.5 Å². The van der Waals surface area contributed by atoms with E-state index < -0.39 is 21.8 Å². The molecular weight excluding hydrogens is 464 g/mol. The Labute approximate surface area is 197 Å². The van der Waals surface area contributed by atoms with Gasteiger partial charge in [-0.25, -0.2) is 13.1 Å². The molecule has 8 nitrogen and oxygen atoms in total. The second-order valence-electron chi connectivity index (χ2n) is 7.99. The molecule has 2 amide bonds. The van der Waals surface area contributed by atoms with Crippen LogP contribution in [-0.2, 0) is 19.6 Å². The zero-order valence-corrected chi connectivity index (χ0v) is 19.7. The largest absolute Gasteiger partial charge is 0.321 e. The molecule has 2 aliphatic heterocycles. The third-order valence-corrected chi connectivity index (χ3v) is 7.07. The molecule has 33 heavy (non-hydrogen) atoms. The van der Waals surface area contributed by atoms with Gasteiger partial charge in [-0.15, -0.1) is 0 Å². The van der Waals surface area contributed by atoms with Gasteiger partial charge >= 0.3 is 0 Å². The van der Waals surface area contributed by atoms with Crippen LogP contribution < -0.4 is 15.4 Å². The Morgan fingerprint density at radius 3 is 1.82 bits per heavy atom. The normalized spacial score (nSPS) is 15.9. The molecular formula is C23H23ClN4O4S. The molecule has 2 aromatic rings. The van der Waals surface area contributed by atoms with Gasteiger partial charge < -0.3 is 15.5 Å². The smallest absolute Gasteiger partial charge is 0.258 e. The fourth-order valence-corrected chi connectivity index (χ4v) is 4.92. The number of rotatable bonds is 8. The number of fused-ring (bicyclic) bond motifs is 1. The summed E-state index contributed by atoms with van der Waals surface area (Å²) in [6, 6.07) is 12.9. The van der Waals surface area contributed by atoms with E-state index >= 15 is 0 Å². The first kappa shape index (κ1) is 23.2. The summed E-state index contributed by atoms with van der Waals surface area (Å²) < 4.78 is 27.6. The van der Waals surface area contributed by atoms with Crippen molar-refractivity contribution in [1.29, 1.82) is 0 Å². The van der Waals surface area contributed by atoms with Crippen LogP contribution in [0.4, 0.5) is 0 Å². The monoisotopic (exact) mass is 486 g/mol. The molecule has 4 rings (SSSR count). The van der Waals surface area contributed by atoms with E-state index in [4.69, 9.17) is 11.6 Å². The van der Waals surface area contributed by atoms with Gasteiger partial charge in [0.25, 0.3) is 11.8 Å². The Morgan fingerprint density at radius 2 is 1.33 bits per heavy atom. The third-order valence-electron chi connectivity index (χ3n) is 5.34. The summed E-state index contributed by atoms with van der Waals surface area (Å²) in [5, 5.41) is 6.06. The second-order valence-corrected chi connectivity index (χ2v) is 10.2. The van der Waals surface area contributed by atoms with Crippen LogP contribution in [0.1, 0.15) is 17.5 Å². The van der Waals surface area contributed by atoms with Gasteiger partial charge in [0.15, 0.2) is 0 Å². The van der Waals surface area contributed by atoms with Gasteiger partial charge in [0.2, 0.25) is 10.0 Å². The fraction of sp³-hybridized carbons (Fsp3) is 0.217. The average molecular weight is 487 g/mol. The van der Waals surface area contributed by atoms with Gasteiger partial charge in [0.1, 0.15) is 0 Å². The molecule has 3 N–H and O–H groups in total. The standard InChI is InChI=1S/C23H23ClN4O4S/c1-28(2)13-3-12-25-33(31,32)17-10-6-15(7-11-17)21-19-18(22(29)27-21)20(26-23(19)30)14-4-8-16(24)9-5-14/h4-11,25H,3,12-13H2,1-2H3,(H,26,30)(H,27,29). The summed E-state index contributed by atoms with van der Waals surface area (Å²) in [5.41, 5.74) is 2.46. The van der Waals surface area contributed by atoms with E-state index in [1.807, 2.05) is 19.0 Å². The quantitative estimate of drug-likeness (QED) is 0.494. The number of amides is 2. The highest BCUT2D eigenvalue weighted by Crippen LogP contribution is 2.37. The lowest BCUT2D eigenvalue weighted by atomic mass is 10.0. The lowest BCUT2D eigenvalue weighted by molar-refractivity contribution is -0.117. The minimum atomic E-state index is -3.66. The topological polar surface area (TPSA) is 108 Å². The number of sulfonamides is 1. The molecule has 10 heteroatoms. The number of nitrogens with one attached hydrogen (secondary N) is 3. The summed E-state index contributed by atoms with van der Waals surface area (Å²) in [4.78, 5) is 27.5. The molecule has 0 radical (unpaired) electrons. The Bertz CT molecular complexity index is 1280. The van der Waals surface area contributed by atoms with Crippen LogP contribution in [0.5, 0.6) is 0 Å². The van der Waals surface area contributed by atoms with Crippen LogP contribution in [0.25, 0.3) is 11.4 Å². The maximum absolute atomic E-state index is 12.7. The summed E-state index contributed by atoms with van der Waals surface area (Å²) in [6.45, 7) is 1.10. The number of carbonyl (C=O) groups excluding carboxylic acids is 2. The minimum Gasteiger partial charge on any atom is -0.321 e. The molecule has 2 aromatic carbocycles.